The van der Waals surface area contributed by atoms with E-state index in [-0.39, 0.29) is 12.3 Å². The SMILES string of the molecule is C[C@H]1C[C@@H](c2ccccc2)O[C@@H](C)N1. The Labute approximate surface area is 85.3 Å². The minimum Gasteiger partial charge on any atom is -0.356 e. The van der Waals surface area contributed by atoms with Crippen LogP contribution in [0.25, 0.3) is 0 Å². The van der Waals surface area contributed by atoms with Gasteiger partial charge in [-0.1, -0.05) is 30.3 Å². The van der Waals surface area contributed by atoms with Crippen LogP contribution >= 0.6 is 0 Å². The topological polar surface area (TPSA) is 21.3 Å². The molecule has 1 aromatic carbocycles. The largest absolute Gasteiger partial charge is 0.356 e. The predicted octanol–water partition coefficient (Wildman–Crippen LogP) is 2.47. The molecule has 0 aromatic heterocycles. The van der Waals surface area contributed by atoms with Crippen LogP contribution in [0.15, 0.2) is 30.3 Å². The first-order valence-corrected chi connectivity index (χ1v) is 5.22. The Kier molecular flexibility index (Phi) is 2.85. The van der Waals surface area contributed by atoms with Crippen molar-refractivity contribution >= 4 is 0 Å². The molecule has 0 bridgehead atoms. The highest BCUT2D eigenvalue weighted by Crippen LogP contribution is 2.27. The lowest BCUT2D eigenvalue weighted by atomic mass is 10.0. The third-order valence-corrected chi connectivity index (χ3v) is 2.63. The van der Waals surface area contributed by atoms with Gasteiger partial charge in [0, 0.05) is 6.04 Å². The van der Waals surface area contributed by atoms with Crippen molar-refractivity contribution in [1.82, 2.24) is 5.32 Å². The molecule has 3 atom stereocenters. The average Bonchev–Trinajstić information content (AvgIpc) is 2.18. The Morgan fingerprint density at radius 1 is 1.21 bits per heavy atom. The van der Waals surface area contributed by atoms with Crippen LogP contribution in [0.2, 0.25) is 0 Å². The van der Waals surface area contributed by atoms with Crippen molar-refractivity contribution in [1.29, 1.82) is 0 Å². The zero-order valence-electron chi connectivity index (χ0n) is 8.73. The zero-order chi connectivity index (χ0) is 9.97. The van der Waals surface area contributed by atoms with Gasteiger partial charge in [-0.3, -0.25) is 5.32 Å². The van der Waals surface area contributed by atoms with Gasteiger partial charge in [-0.25, -0.2) is 0 Å². The summed E-state index contributed by atoms with van der Waals surface area (Å²) in [5.41, 5.74) is 1.28. The summed E-state index contributed by atoms with van der Waals surface area (Å²) in [6.07, 6.45) is 1.46. The van der Waals surface area contributed by atoms with E-state index in [1.54, 1.807) is 0 Å². The molecule has 0 aliphatic carbocycles. The predicted molar refractivity (Wildman–Crippen MR) is 56.9 cm³/mol. The Balaban J connectivity index is 2.11. The van der Waals surface area contributed by atoms with Crippen molar-refractivity contribution in [3.05, 3.63) is 35.9 Å². The molecular formula is C12H17NO. The van der Waals surface area contributed by atoms with E-state index < -0.39 is 0 Å². The van der Waals surface area contributed by atoms with Gasteiger partial charge in [0.1, 0.15) is 6.23 Å². The maximum absolute atomic E-state index is 5.83. The minimum absolute atomic E-state index is 0.156. The highest BCUT2D eigenvalue weighted by Gasteiger charge is 2.24. The van der Waals surface area contributed by atoms with Crippen LogP contribution in [0.5, 0.6) is 0 Å². The maximum atomic E-state index is 5.83. The fourth-order valence-corrected chi connectivity index (χ4v) is 2.01. The van der Waals surface area contributed by atoms with E-state index in [1.165, 1.54) is 5.56 Å². The van der Waals surface area contributed by atoms with Gasteiger partial charge < -0.3 is 4.74 Å². The van der Waals surface area contributed by atoms with E-state index in [9.17, 15) is 0 Å². The van der Waals surface area contributed by atoms with Crippen molar-refractivity contribution in [2.75, 3.05) is 0 Å². The number of hydrogen-bond acceptors (Lipinski definition) is 2. The Bertz CT molecular complexity index is 276. The second-order valence-electron chi connectivity index (χ2n) is 3.98. The number of nitrogens with one attached hydrogen (secondary N) is 1. The van der Waals surface area contributed by atoms with Crippen LogP contribution in [-0.2, 0) is 4.74 Å². The number of benzene rings is 1. The van der Waals surface area contributed by atoms with E-state index in [4.69, 9.17) is 4.74 Å². The molecule has 1 aliphatic rings. The summed E-state index contributed by atoms with van der Waals surface area (Å²) in [5.74, 6) is 0. The van der Waals surface area contributed by atoms with Gasteiger partial charge >= 0.3 is 0 Å². The van der Waals surface area contributed by atoms with Gasteiger partial charge in [-0.15, -0.1) is 0 Å². The van der Waals surface area contributed by atoms with Crippen molar-refractivity contribution < 1.29 is 4.74 Å². The molecule has 0 radical (unpaired) electrons. The molecule has 1 heterocycles. The summed E-state index contributed by atoms with van der Waals surface area (Å²) < 4.78 is 5.83. The minimum atomic E-state index is 0.156. The highest BCUT2D eigenvalue weighted by atomic mass is 16.5. The molecule has 2 nitrogen and oxygen atoms in total. The maximum Gasteiger partial charge on any atom is 0.106 e. The molecule has 76 valence electrons. The third kappa shape index (κ3) is 2.14. The third-order valence-electron chi connectivity index (χ3n) is 2.63. The molecule has 2 rings (SSSR count). The lowest BCUT2D eigenvalue weighted by Crippen LogP contribution is -2.43. The number of ether oxygens (including phenoxy) is 1. The van der Waals surface area contributed by atoms with Crippen LogP contribution in [0.4, 0.5) is 0 Å². The van der Waals surface area contributed by atoms with E-state index in [0.717, 1.165) is 6.42 Å². The fourth-order valence-electron chi connectivity index (χ4n) is 2.01. The van der Waals surface area contributed by atoms with Crippen molar-refractivity contribution in [2.45, 2.75) is 38.6 Å². The van der Waals surface area contributed by atoms with Gasteiger partial charge in [0.2, 0.25) is 0 Å². The molecule has 0 amide bonds. The standard InChI is InChI=1S/C12H17NO/c1-9-8-12(14-10(2)13-9)11-6-4-3-5-7-11/h3-7,9-10,12-13H,8H2,1-2H3/t9-,10-,12-/m0/s1. The van der Waals surface area contributed by atoms with E-state index in [2.05, 4.69) is 43.4 Å². The van der Waals surface area contributed by atoms with Crippen molar-refractivity contribution in [3.63, 3.8) is 0 Å². The molecule has 1 aliphatic heterocycles. The fraction of sp³-hybridized carbons (Fsp3) is 0.500. The lowest BCUT2D eigenvalue weighted by Gasteiger charge is -2.33. The molecule has 1 saturated heterocycles. The Hall–Kier alpha value is -0.860. The molecule has 14 heavy (non-hydrogen) atoms. The first-order valence-electron chi connectivity index (χ1n) is 5.22. The first kappa shape index (κ1) is 9.69. The Morgan fingerprint density at radius 3 is 2.57 bits per heavy atom. The summed E-state index contributed by atoms with van der Waals surface area (Å²) >= 11 is 0. The summed E-state index contributed by atoms with van der Waals surface area (Å²) in [7, 11) is 0. The van der Waals surface area contributed by atoms with Crippen LogP contribution in [-0.4, -0.2) is 12.3 Å². The van der Waals surface area contributed by atoms with Crippen molar-refractivity contribution in [3.8, 4) is 0 Å². The molecule has 1 N–H and O–H groups in total. The summed E-state index contributed by atoms with van der Waals surface area (Å²) in [5, 5.41) is 3.36. The van der Waals surface area contributed by atoms with Gasteiger partial charge in [0.15, 0.2) is 0 Å². The van der Waals surface area contributed by atoms with Gasteiger partial charge in [-0.2, -0.15) is 0 Å². The monoisotopic (exact) mass is 191 g/mol. The van der Waals surface area contributed by atoms with Gasteiger partial charge in [-0.05, 0) is 25.8 Å². The number of hydrogen-bond donors (Lipinski definition) is 1. The quantitative estimate of drug-likeness (QED) is 0.736. The number of rotatable bonds is 1. The average molecular weight is 191 g/mol. The first-order chi connectivity index (χ1) is 6.75. The van der Waals surface area contributed by atoms with Crippen LogP contribution < -0.4 is 5.32 Å². The highest BCUT2D eigenvalue weighted by molar-refractivity contribution is 5.18. The smallest absolute Gasteiger partial charge is 0.106 e. The molecular weight excluding hydrogens is 174 g/mol. The second-order valence-corrected chi connectivity index (χ2v) is 3.98. The molecule has 1 fully saturated rings. The van der Waals surface area contributed by atoms with E-state index in [1.807, 2.05) is 6.07 Å². The zero-order valence-corrected chi connectivity index (χ0v) is 8.73. The van der Waals surface area contributed by atoms with Crippen LogP contribution in [0.1, 0.15) is 31.9 Å². The molecule has 1 aromatic rings. The van der Waals surface area contributed by atoms with Gasteiger partial charge in [0.05, 0.1) is 6.10 Å². The lowest BCUT2D eigenvalue weighted by molar-refractivity contribution is -0.0674. The summed E-state index contributed by atoms with van der Waals surface area (Å²) in [6, 6.07) is 11.0. The molecule has 0 spiro atoms. The molecule has 2 heteroatoms. The summed E-state index contributed by atoms with van der Waals surface area (Å²) in [6.45, 7) is 4.26. The van der Waals surface area contributed by atoms with E-state index >= 15 is 0 Å². The molecule has 0 unspecified atom stereocenters. The van der Waals surface area contributed by atoms with Crippen LogP contribution in [0, 0.1) is 0 Å². The molecule has 0 saturated carbocycles. The Morgan fingerprint density at radius 2 is 1.93 bits per heavy atom. The second kappa shape index (κ2) is 4.11. The summed E-state index contributed by atoms with van der Waals surface area (Å²) in [4.78, 5) is 0. The van der Waals surface area contributed by atoms with Gasteiger partial charge in [0.25, 0.3) is 0 Å². The van der Waals surface area contributed by atoms with E-state index in [0.29, 0.717) is 6.04 Å². The van der Waals surface area contributed by atoms with Crippen molar-refractivity contribution in [2.24, 2.45) is 0 Å². The van der Waals surface area contributed by atoms with Crippen LogP contribution in [0.3, 0.4) is 0 Å². The normalized spacial score (nSPS) is 32.9.